The normalized spacial score (nSPS) is 17.6. The molecule has 1 aliphatic rings. The number of halogens is 1. The van der Waals surface area contributed by atoms with Crippen molar-refractivity contribution in [2.45, 2.75) is 12.6 Å². The van der Waals surface area contributed by atoms with Gasteiger partial charge in [0.1, 0.15) is 34.9 Å². The second-order valence-electron chi connectivity index (χ2n) is 7.10. The highest BCUT2D eigenvalue weighted by Crippen LogP contribution is 2.42. The molecule has 1 N–H and O–H groups in total. The third-order valence-electron chi connectivity index (χ3n) is 5.30. The Morgan fingerprint density at radius 1 is 1.06 bits per heavy atom. The number of furan rings is 1. The third-order valence-corrected chi connectivity index (χ3v) is 5.30. The van der Waals surface area contributed by atoms with Crippen LogP contribution in [0.25, 0.3) is 5.76 Å². The summed E-state index contributed by atoms with van der Waals surface area (Å²) in [6.07, 6.45) is 1.40. The van der Waals surface area contributed by atoms with Crippen molar-refractivity contribution >= 4 is 17.4 Å². The molecule has 4 rings (SSSR count). The Morgan fingerprint density at radius 3 is 2.50 bits per heavy atom. The number of carbonyl (C=O) groups is 2. The zero-order valence-electron chi connectivity index (χ0n) is 17.4. The molecule has 1 aromatic heterocycles. The lowest BCUT2D eigenvalue weighted by Gasteiger charge is -2.24. The molecule has 2 heterocycles. The second-order valence-corrected chi connectivity index (χ2v) is 7.10. The molecule has 2 aromatic carbocycles. The van der Waals surface area contributed by atoms with Gasteiger partial charge in [0.15, 0.2) is 0 Å². The maximum Gasteiger partial charge on any atom is 0.296 e. The Hall–Kier alpha value is -4.07. The van der Waals surface area contributed by atoms with Crippen LogP contribution >= 0.6 is 0 Å². The minimum Gasteiger partial charge on any atom is -0.507 e. The summed E-state index contributed by atoms with van der Waals surface area (Å²) in [4.78, 5) is 27.4. The number of ketones is 1. The van der Waals surface area contributed by atoms with Crippen LogP contribution in [-0.2, 0) is 16.1 Å². The molecule has 0 radical (unpaired) electrons. The first kappa shape index (κ1) is 21.2. The molecule has 0 saturated carbocycles. The Morgan fingerprint density at radius 2 is 1.81 bits per heavy atom. The van der Waals surface area contributed by atoms with Crippen LogP contribution in [0, 0.1) is 5.82 Å². The number of hydrogen-bond donors (Lipinski definition) is 1. The van der Waals surface area contributed by atoms with Crippen LogP contribution in [-0.4, -0.2) is 35.9 Å². The zero-order chi connectivity index (χ0) is 22.8. The molecule has 1 aliphatic heterocycles. The number of ether oxygens (including phenoxy) is 2. The van der Waals surface area contributed by atoms with Crippen LogP contribution in [0.4, 0.5) is 4.39 Å². The second kappa shape index (κ2) is 8.58. The quantitative estimate of drug-likeness (QED) is 0.355. The minimum atomic E-state index is -1.03. The minimum absolute atomic E-state index is 0.0248. The number of rotatable bonds is 6. The molecule has 1 atom stereocenters. The topological polar surface area (TPSA) is 89.2 Å². The number of benzene rings is 2. The van der Waals surface area contributed by atoms with Gasteiger partial charge in [-0.3, -0.25) is 9.59 Å². The van der Waals surface area contributed by atoms with Gasteiger partial charge in [0.2, 0.25) is 0 Å². The first-order valence-corrected chi connectivity index (χ1v) is 9.74. The first-order valence-electron chi connectivity index (χ1n) is 9.74. The molecule has 0 aliphatic carbocycles. The molecule has 1 fully saturated rings. The van der Waals surface area contributed by atoms with Crippen molar-refractivity contribution in [3.05, 3.63) is 89.1 Å². The Kier molecular flexibility index (Phi) is 5.68. The monoisotopic (exact) mass is 437 g/mol. The van der Waals surface area contributed by atoms with Crippen molar-refractivity contribution < 1.29 is 33.0 Å². The van der Waals surface area contributed by atoms with Gasteiger partial charge in [-0.15, -0.1) is 0 Å². The molecule has 1 amide bonds. The SMILES string of the molecule is COc1ccccc1CN1C(=O)C(=O)/C(=C(\O)c2cc(F)ccc2OC)C1c1ccco1. The number of amides is 1. The molecular formula is C24H20FNO6. The van der Waals surface area contributed by atoms with Crippen molar-refractivity contribution in [3.8, 4) is 11.5 Å². The van der Waals surface area contributed by atoms with Gasteiger partial charge >= 0.3 is 0 Å². The molecule has 1 unspecified atom stereocenters. The number of likely N-dealkylation sites (tertiary alicyclic amines) is 1. The van der Waals surface area contributed by atoms with Crippen LogP contribution in [0.5, 0.6) is 11.5 Å². The maximum atomic E-state index is 13.9. The summed E-state index contributed by atoms with van der Waals surface area (Å²) < 4.78 is 30.0. The van der Waals surface area contributed by atoms with Crippen LogP contribution in [0.15, 0.2) is 70.9 Å². The van der Waals surface area contributed by atoms with E-state index in [9.17, 15) is 19.1 Å². The van der Waals surface area contributed by atoms with Crippen LogP contribution in [0.2, 0.25) is 0 Å². The molecule has 1 saturated heterocycles. The highest BCUT2D eigenvalue weighted by molar-refractivity contribution is 6.46. The first-order chi connectivity index (χ1) is 15.5. The van der Waals surface area contributed by atoms with Gasteiger partial charge in [-0.2, -0.15) is 0 Å². The van der Waals surface area contributed by atoms with Crippen molar-refractivity contribution in [1.82, 2.24) is 4.90 Å². The zero-order valence-corrected chi connectivity index (χ0v) is 17.4. The molecule has 32 heavy (non-hydrogen) atoms. The number of nitrogens with zero attached hydrogens (tertiary/aromatic N) is 1. The summed E-state index contributed by atoms with van der Waals surface area (Å²) in [6, 6.07) is 12.8. The highest BCUT2D eigenvalue weighted by atomic mass is 19.1. The van der Waals surface area contributed by atoms with E-state index in [1.807, 2.05) is 0 Å². The molecular weight excluding hydrogens is 417 g/mol. The number of Topliss-reactive ketones (excluding diaryl/α,β-unsaturated/α-hetero) is 1. The molecule has 3 aromatic rings. The fourth-order valence-electron chi connectivity index (χ4n) is 3.81. The lowest BCUT2D eigenvalue weighted by Crippen LogP contribution is -2.29. The van der Waals surface area contributed by atoms with E-state index < -0.39 is 29.3 Å². The summed E-state index contributed by atoms with van der Waals surface area (Å²) in [5.74, 6) is -1.96. The Bertz CT molecular complexity index is 1200. The summed E-state index contributed by atoms with van der Waals surface area (Å²) in [5.41, 5.74) is 0.403. The average Bonchev–Trinajstić information content (AvgIpc) is 3.42. The highest BCUT2D eigenvalue weighted by Gasteiger charge is 2.47. The summed E-state index contributed by atoms with van der Waals surface area (Å²) in [7, 11) is 2.86. The van der Waals surface area contributed by atoms with E-state index in [0.29, 0.717) is 11.3 Å². The van der Waals surface area contributed by atoms with Crippen LogP contribution in [0.3, 0.4) is 0 Å². The molecule has 0 spiro atoms. The van der Waals surface area contributed by atoms with E-state index in [1.165, 1.54) is 37.5 Å². The number of carbonyl (C=O) groups excluding carboxylic acids is 2. The molecule has 8 heteroatoms. The van der Waals surface area contributed by atoms with Crippen molar-refractivity contribution in [3.63, 3.8) is 0 Å². The van der Waals surface area contributed by atoms with Crippen molar-refractivity contribution in [2.75, 3.05) is 14.2 Å². The van der Waals surface area contributed by atoms with Crippen molar-refractivity contribution in [1.29, 1.82) is 0 Å². The van der Waals surface area contributed by atoms with E-state index in [1.54, 1.807) is 36.4 Å². The van der Waals surface area contributed by atoms with E-state index in [4.69, 9.17) is 13.9 Å². The van der Waals surface area contributed by atoms with Gasteiger partial charge in [-0.25, -0.2) is 4.39 Å². The molecule has 0 bridgehead atoms. The number of aliphatic hydroxyl groups is 1. The molecule has 7 nitrogen and oxygen atoms in total. The summed E-state index contributed by atoms with van der Waals surface area (Å²) in [5, 5.41) is 11.1. The lowest BCUT2D eigenvalue weighted by molar-refractivity contribution is -0.140. The predicted octanol–water partition coefficient (Wildman–Crippen LogP) is 4.06. The Labute approximate surface area is 183 Å². The predicted molar refractivity (Wildman–Crippen MR) is 113 cm³/mol. The van der Waals surface area contributed by atoms with Gasteiger partial charge in [0, 0.05) is 5.56 Å². The number of methoxy groups -OCH3 is 2. The largest absolute Gasteiger partial charge is 0.507 e. The smallest absolute Gasteiger partial charge is 0.296 e. The van der Waals surface area contributed by atoms with E-state index in [0.717, 1.165) is 6.07 Å². The third kappa shape index (κ3) is 3.60. The number of para-hydroxylation sites is 1. The fraction of sp³-hybridized carbons (Fsp3) is 0.167. The van der Waals surface area contributed by atoms with Gasteiger partial charge in [0.05, 0.1) is 38.2 Å². The lowest BCUT2D eigenvalue weighted by atomic mass is 9.98. The van der Waals surface area contributed by atoms with Gasteiger partial charge in [-0.05, 0) is 36.4 Å². The van der Waals surface area contributed by atoms with E-state index in [2.05, 4.69) is 0 Å². The van der Waals surface area contributed by atoms with Crippen molar-refractivity contribution in [2.24, 2.45) is 0 Å². The summed E-state index contributed by atoms with van der Waals surface area (Å²) in [6.45, 7) is 0.0248. The number of hydrogen-bond acceptors (Lipinski definition) is 6. The molecule has 164 valence electrons. The van der Waals surface area contributed by atoms with Gasteiger partial charge in [-0.1, -0.05) is 18.2 Å². The van der Waals surface area contributed by atoms with Gasteiger partial charge < -0.3 is 23.9 Å². The fourth-order valence-corrected chi connectivity index (χ4v) is 3.81. The van der Waals surface area contributed by atoms with Crippen LogP contribution < -0.4 is 9.47 Å². The standard InChI is InChI=1S/C24H20FNO6/c1-30-17-7-4-3-6-14(17)13-26-21(19-8-5-11-32-19)20(23(28)24(26)29)22(27)16-12-15(25)9-10-18(16)31-2/h3-12,21,27H,13H2,1-2H3/b22-20-. The summed E-state index contributed by atoms with van der Waals surface area (Å²) >= 11 is 0. The van der Waals surface area contributed by atoms with E-state index >= 15 is 0 Å². The van der Waals surface area contributed by atoms with Crippen LogP contribution in [0.1, 0.15) is 22.9 Å². The Balaban J connectivity index is 1.88. The maximum absolute atomic E-state index is 13.9. The average molecular weight is 437 g/mol. The number of aliphatic hydroxyl groups excluding tert-OH is 1. The van der Waals surface area contributed by atoms with E-state index in [-0.39, 0.29) is 29.2 Å². The van der Waals surface area contributed by atoms with Gasteiger partial charge in [0.25, 0.3) is 11.7 Å².